The zero-order valence-electron chi connectivity index (χ0n) is 21.5. The molecule has 36 heavy (non-hydrogen) atoms. The number of amides is 2. The number of piperidine rings is 1. The van der Waals surface area contributed by atoms with Crippen LogP contribution in [-0.2, 0) is 26.0 Å². The molecule has 2 amide bonds. The van der Waals surface area contributed by atoms with Crippen molar-refractivity contribution in [3.05, 3.63) is 23.8 Å². The summed E-state index contributed by atoms with van der Waals surface area (Å²) in [6.45, 7) is 6.47. The standard InChI is InChI=1S/C27H40N4O4S/c1-21(32)31-13-5-6-23-20-25(9-10-26(23)31)36(34,35)30-14-11-22(12-15-30)27(33)29-18-16-28(17-19-29)24-7-3-2-4-8-24/h9-10,20,22,24H,2-8,11-19H2,1H3. The first-order valence-corrected chi connectivity index (χ1v) is 15.2. The van der Waals surface area contributed by atoms with Gasteiger partial charge in [-0.25, -0.2) is 8.42 Å². The zero-order chi connectivity index (χ0) is 25.3. The first kappa shape index (κ1) is 25.7. The molecule has 0 spiro atoms. The molecule has 3 heterocycles. The summed E-state index contributed by atoms with van der Waals surface area (Å²) in [5, 5.41) is 0. The minimum Gasteiger partial charge on any atom is -0.340 e. The van der Waals surface area contributed by atoms with Crippen molar-refractivity contribution in [3.8, 4) is 0 Å². The van der Waals surface area contributed by atoms with Gasteiger partial charge >= 0.3 is 0 Å². The molecule has 1 aromatic carbocycles. The summed E-state index contributed by atoms with van der Waals surface area (Å²) in [5.74, 6) is 0.0903. The zero-order valence-corrected chi connectivity index (χ0v) is 22.3. The summed E-state index contributed by atoms with van der Waals surface area (Å²) in [5.41, 5.74) is 1.73. The average molecular weight is 517 g/mol. The largest absolute Gasteiger partial charge is 0.340 e. The molecule has 1 aliphatic carbocycles. The van der Waals surface area contributed by atoms with Crippen LogP contribution >= 0.6 is 0 Å². The molecule has 3 aliphatic heterocycles. The number of anilines is 1. The Labute approximate surface area is 215 Å². The fraction of sp³-hybridized carbons (Fsp3) is 0.704. The number of hydrogen-bond donors (Lipinski definition) is 0. The normalized spacial score (nSPS) is 23.5. The number of carbonyl (C=O) groups is 2. The molecule has 0 radical (unpaired) electrons. The van der Waals surface area contributed by atoms with Crippen molar-refractivity contribution in [2.75, 3.05) is 50.7 Å². The Bertz CT molecular complexity index is 1070. The van der Waals surface area contributed by atoms with E-state index in [1.165, 1.54) is 36.4 Å². The van der Waals surface area contributed by atoms with Gasteiger partial charge in [0.25, 0.3) is 0 Å². The van der Waals surface area contributed by atoms with Crippen molar-refractivity contribution < 1.29 is 18.0 Å². The van der Waals surface area contributed by atoms with Crippen LogP contribution in [0.5, 0.6) is 0 Å². The Morgan fingerprint density at radius 2 is 1.53 bits per heavy atom. The van der Waals surface area contributed by atoms with E-state index in [1.807, 2.05) is 4.90 Å². The number of sulfonamides is 1. The van der Waals surface area contributed by atoms with Crippen molar-refractivity contribution >= 4 is 27.5 Å². The molecule has 4 aliphatic rings. The second-order valence-electron chi connectivity index (χ2n) is 10.9. The Morgan fingerprint density at radius 1 is 0.833 bits per heavy atom. The first-order valence-electron chi connectivity index (χ1n) is 13.8. The van der Waals surface area contributed by atoms with Crippen molar-refractivity contribution in [2.24, 2.45) is 5.92 Å². The maximum Gasteiger partial charge on any atom is 0.243 e. The third-order valence-electron chi connectivity index (χ3n) is 8.71. The smallest absolute Gasteiger partial charge is 0.243 e. The van der Waals surface area contributed by atoms with Crippen LogP contribution in [0.4, 0.5) is 5.69 Å². The highest BCUT2D eigenvalue weighted by molar-refractivity contribution is 7.89. The van der Waals surface area contributed by atoms with Crippen molar-refractivity contribution in [1.29, 1.82) is 0 Å². The maximum atomic E-state index is 13.4. The molecule has 1 saturated carbocycles. The maximum absolute atomic E-state index is 13.4. The van der Waals surface area contributed by atoms with Gasteiger partial charge < -0.3 is 9.80 Å². The minimum atomic E-state index is -3.63. The molecule has 0 aromatic heterocycles. The van der Waals surface area contributed by atoms with E-state index in [4.69, 9.17) is 0 Å². The fourth-order valence-corrected chi connectivity index (χ4v) is 8.09. The molecule has 8 nitrogen and oxygen atoms in total. The molecule has 3 fully saturated rings. The van der Waals surface area contributed by atoms with Crippen molar-refractivity contribution in [1.82, 2.24) is 14.1 Å². The monoisotopic (exact) mass is 516 g/mol. The van der Waals surface area contributed by atoms with Crippen LogP contribution in [0.1, 0.15) is 63.9 Å². The fourth-order valence-electron chi connectivity index (χ4n) is 6.57. The summed E-state index contributed by atoms with van der Waals surface area (Å²) in [4.78, 5) is 31.8. The molecule has 2 saturated heterocycles. The van der Waals surface area contributed by atoms with E-state index in [-0.39, 0.29) is 22.6 Å². The minimum absolute atomic E-state index is 0.0197. The lowest BCUT2D eigenvalue weighted by Crippen LogP contribution is -2.54. The molecule has 9 heteroatoms. The van der Waals surface area contributed by atoms with Gasteiger partial charge in [0.1, 0.15) is 0 Å². The van der Waals surface area contributed by atoms with Gasteiger partial charge in [-0.3, -0.25) is 14.5 Å². The summed E-state index contributed by atoms with van der Waals surface area (Å²) >= 11 is 0. The lowest BCUT2D eigenvalue weighted by atomic mass is 9.93. The molecular weight excluding hydrogens is 476 g/mol. The van der Waals surface area contributed by atoms with Gasteiger partial charge in [-0.2, -0.15) is 4.31 Å². The summed E-state index contributed by atoms with van der Waals surface area (Å²) < 4.78 is 28.3. The van der Waals surface area contributed by atoms with Crippen molar-refractivity contribution in [3.63, 3.8) is 0 Å². The van der Waals surface area contributed by atoms with Crippen LogP contribution in [-0.4, -0.2) is 86.2 Å². The second kappa shape index (κ2) is 10.8. The van der Waals surface area contributed by atoms with Crippen LogP contribution in [0, 0.1) is 5.92 Å². The van der Waals surface area contributed by atoms with Gasteiger partial charge in [0.05, 0.1) is 4.90 Å². The van der Waals surface area contributed by atoms with Gasteiger partial charge in [-0.15, -0.1) is 0 Å². The van der Waals surface area contributed by atoms with E-state index in [1.54, 1.807) is 30.0 Å². The lowest BCUT2D eigenvalue weighted by molar-refractivity contribution is -0.139. The van der Waals surface area contributed by atoms with Crippen molar-refractivity contribution in [2.45, 2.75) is 75.6 Å². The number of nitrogens with zero attached hydrogens (tertiary/aromatic N) is 4. The predicted octanol–water partition coefficient (Wildman–Crippen LogP) is 2.86. The highest BCUT2D eigenvalue weighted by atomic mass is 32.2. The third-order valence-corrected chi connectivity index (χ3v) is 10.6. The van der Waals surface area contributed by atoms with Crippen LogP contribution in [0.15, 0.2) is 23.1 Å². The second-order valence-corrected chi connectivity index (χ2v) is 12.8. The van der Waals surface area contributed by atoms with Crippen LogP contribution in [0.25, 0.3) is 0 Å². The van der Waals surface area contributed by atoms with E-state index < -0.39 is 10.0 Å². The number of rotatable bonds is 4. The topological polar surface area (TPSA) is 81.2 Å². The number of fused-ring (bicyclic) bond motifs is 1. The summed E-state index contributed by atoms with van der Waals surface area (Å²) in [6, 6.07) is 5.83. The number of piperazine rings is 1. The number of carbonyl (C=O) groups excluding carboxylic acids is 2. The molecule has 1 aromatic rings. The van der Waals surface area contributed by atoms with Gasteiger partial charge in [0.15, 0.2) is 0 Å². The van der Waals surface area contributed by atoms with Gasteiger partial charge in [-0.05, 0) is 62.3 Å². The highest BCUT2D eigenvalue weighted by Crippen LogP contribution is 2.32. The SMILES string of the molecule is CC(=O)N1CCCc2cc(S(=O)(=O)N3CCC(C(=O)N4CCN(C5CCCCC5)CC4)CC3)ccc21. The lowest BCUT2D eigenvalue weighted by Gasteiger charge is -2.42. The van der Waals surface area contributed by atoms with E-state index in [2.05, 4.69) is 4.90 Å². The summed E-state index contributed by atoms with van der Waals surface area (Å²) in [7, 11) is -3.63. The average Bonchev–Trinajstić information content (AvgIpc) is 2.92. The summed E-state index contributed by atoms with van der Waals surface area (Å²) in [6.07, 6.45) is 9.34. The van der Waals surface area contributed by atoms with Crippen LogP contribution in [0.2, 0.25) is 0 Å². The third kappa shape index (κ3) is 5.20. The Morgan fingerprint density at radius 3 is 2.19 bits per heavy atom. The predicted molar refractivity (Wildman–Crippen MR) is 139 cm³/mol. The molecule has 0 N–H and O–H groups in total. The van der Waals surface area contributed by atoms with Gasteiger partial charge in [0.2, 0.25) is 21.8 Å². The highest BCUT2D eigenvalue weighted by Gasteiger charge is 2.36. The molecule has 198 valence electrons. The Hall–Kier alpha value is -1.97. The van der Waals surface area contributed by atoms with Crippen LogP contribution in [0.3, 0.4) is 0 Å². The first-order chi connectivity index (χ1) is 17.3. The van der Waals surface area contributed by atoms with E-state index in [0.717, 1.165) is 50.3 Å². The van der Waals surface area contributed by atoms with Gasteiger partial charge in [-0.1, -0.05) is 19.3 Å². The van der Waals surface area contributed by atoms with E-state index in [9.17, 15) is 18.0 Å². The quantitative estimate of drug-likeness (QED) is 0.615. The number of hydrogen-bond acceptors (Lipinski definition) is 5. The molecular formula is C27H40N4O4S. The molecule has 5 rings (SSSR count). The van der Waals surface area contributed by atoms with Crippen LogP contribution < -0.4 is 4.90 Å². The Kier molecular flexibility index (Phi) is 7.70. The molecule has 0 atom stereocenters. The number of aryl methyl sites for hydroxylation is 1. The Balaban J connectivity index is 1.16. The molecule has 0 unspecified atom stereocenters. The molecule has 0 bridgehead atoms. The van der Waals surface area contributed by atoms with E-state index >= 15 is 0 Å². The number of benzene rings is 1. The van der Waals surface area contributed by atoms with E-state index in [0.29, 0.717) is 38.5 Å². The van der Waals surface area contributed by atoms with Gasteiger partial charge in [0, 0.05) is 70.4 Å².